The first-order valence-corrected chi connectivity index (χ1v) is 9.40. The minimum Gasteiger partial charge on any atom is -0.495 e. The summed E-state index contributed by atoms with van der Waals surface area (Å²) < 4.78 is 17.6. The van der Waals surface area contributed by atoms with Crippen molar-refractivity contribution in [3.05, 3.63) is 77.6 Å². The Morgan fingerprint density at radius 1 is 1.03 bits per heavy atom. The summed E-state index contributed by atoms with van der Waals surface area (Å²) in [4.78, 5) is 13.2. The lowest BCUT2D eigenvalue weighted by molar-refractivity contribution is 0.101. The van der Waals surface area contributed by atoms with Crippen LogP contribution in [0.4, 0.5) is 5.69 Å². The number of nitrogens with zero attached hydrogens (tertiary/aromatic N) is 2. The maximum atomic E-state index is 13.2. The Bertz CT molecular complexity index is 1170. The molecule has 0 aliphatic heterocycles. The molecule has 8 heteroatoms. The number of rotatable bonds is 6. The average molecular weight is 424 g/mol. The van der Waals surface area contributed by atoms with Gasteiger partial charge in [0.1, 0.15) is 22.9 Å². The Morgan fingerprint density at radius 2 is 1.80 bits per heavy atom. The molecule has 0 unspecified atom stereocenters. The second-order valence-electron chi connectivity index (χ2n) is 6.28. The highest BCUT2D eigenvalue weighted by Crippen LogP contribution is 2.36. The first-order valence-electron chi connectivity index (χ1n) is 9.03. The van der Waals surface area contributed by atoms with Gasteiger partial charge in [-0.25, -0.2) is 4.68 Å². The fraction of sp³-hybridized carbons (Fsp3) is 0.0909. The molecule has 0 fully saturated rings. The van der Waals surface area contributed by atoms with Crippen LogP contribution in [-0.4, -0.2) is 29.9 Å². The molecule has 1 amide bonds. The van der Waals surface area contributed by atoms with E-state index < -0.39 is 0 Å². The van der Waals surface area contributed by atoms with Crippen LogP contribution in [-0.2, 0) is 0 Å². The Balaban J connectivity index is 1.75. The summed E-state index contributed by atoms with van der Waals surface area (Å²) >= 11 is 6.22. The number of anilines is 1. The highest BCUT2D eigenvalue weighted by Gasteiger charge is 2.21. The fourth-order valence-corrected chi connectivity index (χ4v) is 3.24. The molecular formula is C22H18ClN3O4. The number of hydrogen-bond donors (Lipinski definition) is 1. The van der Waals surface area contributed by atoms with E-state index in [0.29, 0.717) is 39.4 Å². The smallest absolute Gasteiger partial charge is 0.274 e. The van der Waals surface area contributed by atoms with Gasteiger partial charge in [0.15, 0.2) is 5.76 Å². The van der Waals surface area contributed by atoms with Crippen molar-refractivity contribution >= 4 is 23.2 Å². The topological polar surface area (TPSA) is 78.5 Å². The van der Waals surface area contributed by atoms with Crippen LogP contribution < -0.4 is 14.8 Å². The van der Waals surface area contributed by atoms with Gasteiger partial charge in [0.2, 0.25) is 0 Å². The number of aromatic nitrogens is 2. The van der Waals surface area contributed by atoms with Gasteiger partial charge < -0.3 is 19.2 Å². The van der Waals surface area contributed by atoms with E-state index in [-0.39, 0.29) is 5.91 Å². The molecule has 0 saturated heterocycles. The molecule has 0 spiro atoms. The first-order chi connectivity index (χ1) is 14.6. The van der Waals surface area contributed by atoms with Gasteiger partial charge in [-0.05, 0) is 30.3 Å². The maximum absolute atomic E-state index is 13.2. The molecule has 0 aliphatic rings. The van der Waals surface area contributed by atoms with Gasteiger partial charge in [0.05, 0.1) is 36.9 Å². The minimum absolute atomic E-state index is 0.321. The van der Waals surface area contributed by atoms with Crippen LogP contribution in [0.2, 0.25) is 5.02 Å². The molecule has 1 N–H and O–H groups in total. The number of benzene rings is 2. The maximum Gasteiger partial charge on any atom is 0.274 e. The lowest BCUT2D eigenvalue weighted by atomic mass is 10.2. The van der Waals surface area contributed by atoms with Gasteiger partial charge in [0.25, 0.3) is 5.91 Å². The SMILES string of the molecule is COc1cc(OC)c(NC(=O)c2cc(-c3ccco3)nn2-c2ccccc2)cc1Cl. The van der Waals surface area contributed by atoms with Crippen molar-refractivity contribution in [2.75, 3.05) is 19.5 Å². The van der Waals surface area contributed by atoms with Gasteiger partial charge >= 0.3 is 0 Å². The highest BCUT2D eigenvalue weighted by molar-refractivity contribution is 6.32. The number of methoxy groups -OCH3 is 2. The molecule has 2 heterocycles. The summed E-state index contributed by atoms with van der Waals surface area (Å²) in [6, 6.07) is 17.8. The number of nitrogens with one attached hydrogen (secondary N) is 1. The third-order valence-corrected chi connectivity index (χ3v) is 4.73. The highest BCUT2D eigenvalue weighted by atomic mass is 35.5. The number of ether oxygens (including phenoxy) is 2. The number of furan rings is 1. The van der Waals surface area contributed by atoms with Gasteiger partial charge in [-0.15, -0.1) is 0 Å². The van der Waals surface area contributed by atoms with Crippen molar-refractivity contribution < 1.29 is 18.7 Å². The zero-order valence-corrected chi connectivity index (χ0v) is 17.0. The van der Waals surface area contributed by atoms with Gasteiger partial charge in [-0.1, -0.05) is 29.8 Å². The van der Waals surface area contributed by atoms with Crippen molar-refractivity contribution in [3.8, 4) is 28.6 Å². The van der Waals surface area contributed by atoms with Gasteiger partial charge in [0, 0.05) is 12.1 Å². The van der Waals surface area contributed by atoms with E-state index in [4.69, 9.17) is 25.5 Å². The molecule has 7 nitrogen and oxygen atoms in total. The summed E-state index contributed by atoms with van der Waals surface area (Å²) in [5.74, 6) is 1.04. The summed E-state index contributed by atoms with van der Waals surface area (Å²) in [5.41, 5.74) is 2.00. The zero-order chi connectivity index (χ0) is 21.1. The van der Waals surface area contributed by atoms with Crippen LogP contribution in [0.15, 0.2) is 71.3 Å². The number of carbonyl (C=O) groups excluding carboxylic acids is 1. The lowest BCUT2D eigenvalue weighted by Crippen LogP contribution is -2.17. The number of hydrogen-bond acceptors (Lipinski definition) is 5. The van der Waals surface area contributed by atoms with Crippen molar-refractivity contribution in [3.63, 3.8) is 0 Å². The first kappa shape index (κ1) is 19.6. The molecule has 0 aliphatic carbocycles. The molecule has 0 radical (unpaired) electrons. The Labute approximate surface area is 177 Å². The Hall–Kier alpha value is -3.71. The molecule has 152 valence electrons. The van der Waals surface area contributed by atoms with E-state index in [1.54, 1.807) is 41.3 Å². The molecule has 2 aromatic carbocycles. The summed E-state index contributed by atoms with van der Waals surface area (Å²) in [5, 5.41) is 7.75. The zero-order valence-electron chi connectivity index (χ0n) is 16.3. The number of carbonyl (C=O) groups is 1. The predicted molar refractivity (Wildman–Crippen MR) is 114 cm³/mol. The van der Waals surface area contributed by atoms with Crippen LogP contribution >= 0.6 is 11.6 Å². The number of amides is 1. The van der Waals surface area contributed by atoms with E-state index >= 15 is 0 Å². The average Bonchev–Trinajstić information content (AvgIpc) is 3.44. The van der Waals surface area contributed by atoms with Gasteiger partial charge in [-0.2, -0.15) is 5.10 Å². The van der Waals surface area contributed by atoms with E-state index in [1.165, 1.54) is 14.2 Å². The monoisotopic (exact) mass is 423 g/mol. The molecular weight excluding hydrogens is 406 g/mol. The Morgan fingerprint density at radius 3 is 2.47 bits per heavy atom. The minimum atomic E-state index is -0.385. The Kier molecular flexibility index (Phi) is 5.45. The van der Waals surface area contributed by atoms with Crippen LogP contribution in [0.25, 0.3) is 17.1 Å². The lowest BCUT2D eigenvalue weighted by Gasteiger charge is -2.13. The molecule has 0 saturated carbocycles. The van der Waals surface area contributed by atoms with Crippen LogP contribution in [0, 0.1) is 0 Å². The van der Waals surface area contributed by atoms with E-state index in [9.17, 15) is 4.79 Å². The summed E-state index contributed by atoms with van der Waals surface area (Å²) in [6.07, 6.45) is 1.56. The normalized spacial score (nSPS) is 10.6. The fourth-order valence-electron chi connectivity index (χ4n) is 3.00. The van der Waals surface area contributed by atoms with Crippen LogP contribution in [0.3, 0.4) is 0 Å². The molecule has 4 rings (SSSR count). The number of para-hydroxylation sites is 1. The predicted octanol–water partition coefficient (Wildman–Crippen LogP) is 5.06. The van der Waals surface area contributed by atoms with Crippen molar-refractivity contribution in [2.45, 2.75) is 0 Å². The summed E-state index contributed by atoms with van der Waals surface area (Å²) in [7, 11) is 3.01. The quantitative estimate of drug-likeness (QED) is 0.469. The third-order valence-electron chi connectivity index (χ3n) is 4.44. The molecule has 30 heavy (non-hydrogen) atoms. The second-order valence-corrected chi connectivity index (χ2v) is 6.69. The van der Waals surface area contributed by atoms with E-state index in [1.807, 2.05) is 30.3 Å². The molecule has 2 aromatic heterocycles. The molecule has 0 atom stereocenters. The molecule has 4 aromatic rings. The molecule has 0 bridgehead atoms. The van der Waals surface area contributed by atoms with Crippen molar-refractivity contribution in [1.82, 2.24) is 9.78 Å². The largest absolute Gasteiger partial charge is 0.495 e. The standard InChI is InChI=1S/C22H18ClN3O4/c1-28-20-13-21(29-2)16(11-15(20)23)24-22(27)18-12-17(19-9-6-10-30-19)25-26(18)14-7-4-3-5-8-14/h3-13H,1-2H3,(H,24,27). The van der Waals surface area contributed by atoms with Crippen molar-refractivity contribution in [1.29, 1.82) is 0 Å². The van der Waals surface area contributed by atoms with E-state index in [0.717, 1.165) is 5.69 Å². The third kappa shape index (κ3) is 3.75. The van der Waals surface area contributed by atoms with Gasteiger partial charge in [-0.3, -0.25) is 4.79 Å². The van der Waals surface area contributed by atoms with Crippen molar-refractivity contribution in [2.24, 2.45) is 0 Å². The second kappa shape index (κ2) is 8.34. The van der Waals surface area contributed by atoms with Crippen LogP contribution in [0.1, 0.15) is 10.5 Å². The van der Waals surface area contributed by atoms with E-state index in [2.05, 4.69) is 10.4 Å². The van der Waals surface area contributed by atoms with Crippen LogP contribution in [0.5, 0.6) is 11.5 Å². The number of halogens is 1. The summed E-state index contributed by atoms with van der Waals surface area (Å²) in [6.45, 7) is 0.